The van der Waals surface area contributed by atoms with Gasteiger partial charge in [0.15, 0.2) is 5.78 Å². The molecule has 0 N–H and O–H groups in total. The third-order valence-corrected chi connectivity index (χ3v) is 2.96. The topological polar surface area (TPSA) is 17.1 Å². The average molecular weight is 239 g/mol. The van der Waals surface area contributed by atoms with Crippen molar-refractivity contribution in [3.8, 4) is 0 Å². The van der Waals surface area contributed by atoms with Gasteiger partial charge >= 0.3 is 0 Å². The Labute approximate surface area is 103 Å². The number of carbonyl (C=O) groups excluding carboxylic acids is 1. The SMILES string of the molecule is CC(=O)c1ccc(CCC(C)(C)C)c(Cl)c1. The molecule has 0 aliphatic rings. The van der Waals surface area contributed by atoms with Crippen LogP contribution in [0.3, 0.4) is 0 Å². The first kappa shape index (κ1) is 13.2. The maximum absolute atomic E-state index is 11.2. The summed E-state index contributed by atoms with van der Waals surface area (Å²) in [5.74, 6) is 0.0595. The predicted octanol–water partition coefficient (Wildman–Crippen LogP) is 4.52. The molecular formula is C14H19ClO. The van der Waals surface area contributed by atoms with Crippen molar-refractivity contribution in [1.82, 2.24) is 0 Å². The van der Waals surface area contributed by atoms with Crippen LogP contribution < -0.4 is 0 Å². The number of rotatable bonds is 3. The van der Waals surface area contributed by atoms with E-state index in [0.29, 0.717) is 16.0 Å². The van der Waals surface area contributed by atoms with Crippen LogP contribution in [0.15, 0.2) is 18.2 Å². The van der Waals surface area contributed by atoms with E-state index in [4.69, 9.17) is 11.6 Å². The molecule has 0 bridgehead atoms. The smallest absolute Gasteiger partial charge is 0.159 e. The normalized spacial score (nSPS) is 11.6. The minimum Gasteiger partial charge on any atom is -0.295 e. The molecule has 1 nitrogen and oxygen atoms in total. The van der Waals surface area contributed by atoms with Gasteiger partial charge in [-0.15, -0.1) is 0 Å². The zero-order valence-electron chi connectivity index (χ0n) is 10.4. The quantitative estimate of drug-likeness (QED) is 0.708. The number of hydrogen-bond donors (Lipinski definition) is 0. The summed E-state index contributed by atoms with van der Waals surface area (Å²) in [6, 6.07) is 5.58. The number of aryl methyl sites for hydroxylation is 1. The van der Waals surface area contributed by atoms with Gasteiger partial charge in [0.1, 0.15) is 0 Å². The van der Waals surface area contributed by atoms with Crippen LogP contribution in [-0.4, -0.2) is 5.78 Å². The second kappa shape index (κ2) is 5.01. The van der Waals surface area contributed by atoms with Crippen LogP contribution >= 0.6 is 11.6 Å². The highest BCUT2D eigenvalue weighted by Gasteiger charge is 2.12. The Bertz CT molecular complexity index is 388. The fraction of sp³-hybridized carbons (Fsp3) is 0.500. The summed E-state index contributed by atoms with van der Waals surface area (Å²) in [6.07, 6.45) is 2.05. The Hall–Kier alpha value is -0.820. The highest BCUT2D eigenvalue weighted by atomic mass is 35.5. The Morgan fingerprint density at radius 1 is 1.31 bits per heavy atom. The first-order valence-corrected chi connectivity index (χ1v) is 5.97. The number of Topliss-reactive ketones (excluding diaryl/α,β-unsaturated/α-hetero) is 1. The molecule has 0 aromatic heterocycles. The maximum Gasteiger partial charge on any atom is 0.159 e. The van der Waals surface area contributed by atoms with E-state index in [1.54, 1.807) is 13.0 Å². The molecule has 1 rings (SSSR count). The van der Waals surface area contributed by atoms with Crippen LogP contribution in [0.1, 0.15) is 50.0 Å². The highest BCUT2D eigenvalue weighted by molar-refractivity contribution is 6.31. The summed E-state index contributed by atoms with van der Waals surface area (Å²) in [7, 11) is 0. The Morgan fingerprint density at radius 2 is 1.94 bits per heavy atom. The van der Waals surface area contributed by atoms with Crippen molar-refractivity contribution in [3.63, 3.8) is 0 Å². The number of carbonyl (C=O) groups is 1. The lowest BCUT2D eigenvalue weighted by atomic mass is 9.88. The highest BCUT2D eigenvalue weighted by Crippen LogP contribution is 2.25. The summed E-state index contributed by atoms with van der Waals surface area (Å²) in [6.45, 7) is 8.20. The van der Waals surface area contributed by atoms with Gasteiger partial charge in [-0.3, -0.25) is 4.79 Å². The molecule has 16 heavy (non-hydrogen) atoms. The zero-order chi connectivity index (χ0) is 12.3. The first-order valence-electron chi connectivity index (χ1n) is 5.59. The van der Waals surface area contributed by atoms with E-state index in [0.717, 1.165) is 18.4 Å². The monoisotopic (exact) mass is 238 g/mol. The van der Waals surface area contributed by atoms with Crippen LogP contribution in [0.25, 0.3) is 0 Å². The van der Waals surface area contributed by atoms with Crippen molar-refractivity contribution in [2.24, 2.45) is 5.41 Å². The van der Waals surface area contributed by atoms with E-state index in [-0.39, 0.29) is 5.78 Å². The maximum atomic E-state index is 11.2. The fourth-order valence-corrected chi connectivity index (χ4v) is 1.75. The van der Waals surface area contributed by atoms with Crippen molar-refractivity contribution >= 4 is 17.4 Å². The van der Waals surface area contributed by atoms with E-state index >= 15 is 0 Å². The molecule has 0 heterocycles. The second-order valence-corrected chi connectivity index (χ2v) is 5.83. The van der Waals surface area contributed by atoms with Gasteiger partial charge in [0.05, 0.1) is 0 Å². The Balaban J connectivity index is 2.80. The van der Waals surface area contributed by atoms with Gasteiger partial charge in [-0.05, 0) is 36.8 Å². The molecule has 88 valence electrons. The van der Waals surface area contributed by atoms with Crippen molar-refractivity contribution < 1.29 is 4.79 Å². The van der Waals surface area contributed by atoms with E-state index in [1.807, 2.05) is 12.1 Å². The van der Waals surface area contributed by atoms with Crippen LogP contribution in [0.5, 0.6) is 0 Å². The lowest BCUT2D eigenvalue weighted by Gasteiger charge is -2.18. The third kappa shape index (κ3) is 3.97. The average Bonchev–Trinajstić information content (AvgIpc) is 2.14. The standard InChI is InChI=1S/C14H19ClO/c1-10(16)12-6-5-11(13(15)9-12)7-8-14(2,3)4/h5-6,9H,7-8H2,1-4H3. The van der Waals surface area contributed by atoms with Crippen LogP contribution in [-0.2, 0) is 6.42 Å². The molecule has 0 aliphatic carbocycles. The molecule has 0 fully saturated rings. The van der Waals surface area contributed by atoms with Crippen molar-refractivity contribution in [1.29, 1.82) is 0 Å². The predicted molar refractivity (Wildman–Crippen MR) is 69.2 cm³/mol. The molecule has 0 saturated carbocycles. The molecule has 2 heteroatoms. The van der Waals surface area contributed by atoms with Crippen molar-refractivity contribution in [2.75, 3.05) is 0 Å². The largest absolute Gasteiger partial charge is 0.295 e. The lowest BCUT2D eigenvalue weighted by Crippen LogP contribution is -2.06. The number of benzene rings is 1. The molecule has 0 radical (unpaired) electrons. The van der Waals surface area contributed by atoms with Crippen molar-refractivity contribution in [3.05, 3.63) is 34.3 Å². The van der Waals surface area contributed by atoms with Gasteiger partial charge in [0, 0.05) is 10.6 Å². The van der Waals surface area contributed by atoms with Crippen molar-refractivity contribution in [2.45, 2.75) is 40.5 Å². The summed E-state index contributed by atoms with van der Waals surface area (Å²) >= 11 is 6.15. The van der Waals surface area contributed by atoms with E-state index in [1.165, 1.54) is 0 Å². The van der Waals surface area contributed by atoms with Gasteiger partial charge < -0.3 is 0 Å². The van der Waals surface area contributed by atoms with Gasteiger partial charge in [-0.2, -0.15) is 0 Å². The zero-order valence-corrected chi connectivity index (χ0v) is 11.2. The van der Waals surface area contributed by atoms with Gasteiger partial charge in [0.2, 0.25) is 0 Å². The number of ketones is 1. The Morgan fingerprint density at radius 3 is 2.38 bits per heavy atom. The second-order valence-electron chi connectivity index (χ2n) is 5.42. The van der Waals surface area contributed by atoms with Gasteiger partial charge in [0.25, 0.3) is 0 Å². The molecule has 1 aromatic rings. The molecule has 0 unspecified atom stereocenters. The fourth-order valence-electron chi connectivity index (χ4n) is 1.48. The molecule has 0 atom stereocenters. The van der Waals surface area contributed by atoms with Crippen LogP contribution in [0.4, 0.5) is 0 Å². The van der Waals surface area contributed by atoms with Crippen LogP contribution in [0.2, 0.25) is 5.02 Å². The summed E-state index contributed by atoms with van der Waals surface area (Å²) in [5.41, 5.74) is 2.12. The first-order chi connectivity index (χ1) is 7.29. The molecule has 0 amide bonds. The third-order valence-electron chi connectivity index (χ3n) is 2.60. The minimum atomic E-state index is 0.0595. The summed E-state index contributed by atoms with van der Waals surface area (Å²) in [5, 5.41) is 0.706. The lowest BCUT2D eigenvalue weighted by molar-refractivity contribution is 0.101. The molecule has 0 saturated heterocycles. The summed E-state index contributed by atoms with van der Waals surface area (Å²) < 4.78 is 0. The number of hydrogen-bond acceptors (Lipinski definition) is 1. The summed E-state index contributed by atoms with van der Waals surface area (Å²) in [4.78, 5) is 11.2. The number of halogens is 1. The van der Waals surface area contributed by atoms with E-state index < -0.39 is 0 Å². The van der Waals surface area contributed by atoms with Gasteiger partial charge in [-0.25, -0.2) is 0 Å². The minimum absolute atomic E-state index is 0.0595. The van der Waals surface area contributed by atoms with E-state index in [9.17, 15) is 4.79 Å². The molecule has 1 aromatic carbocycles. The molecule has 0 aliphatic heterocycles. The molecular weight excluding hydrogens is 220 g/mol. The van der Waals surface area contributed by atoms with Crippen LogP contribution in [0, 0.1) is 5.41 Å². The molecule has 0 spiro atoms. The van der Waals surface area contributed by atoms with E-state index in [2.05, 4.69) is 20.8 Å². The van der Waals surface area contributed by atoms with Gasteiger partial charge in [-0.1, -0.05) is 44.5 Å². The Kier molecular flexibility index (Phi) is 4.15.